The molecule has 1 aliphatic carbocycles. The molecule has 0 unspecified atom stereocenters. The van der Waals surface area contributed by atoms with Crippen LogP contribution in [0.5, 0.6) is 5.75 Å². The van der Waals surface area contributed by atoms with Crippen molar-refractivity contribution in [3.8, 4) is 17.0 Å². The van der Waals surface area contributed by atoms with Crippen LogP contribution in [0, 0.1) is 12.8 Å². The lowest BCUT2D eigenvalue weighted by Crippen LogP contribution is -2.34. The van der Waals surface area contributed by atoms with Crippen molar-refractivity contribution in [3.05, 3.63) is 47.9 Å². The fourth-order valence-corrected chi connectivity index (χ4v) is 3.72. The van der Waals surface area contributed by atoms with Crippen LogP contribution in [-0.4, -0.2) is 38.7 Å². The average molecular weight is 437 g/mol. The molecule has 1 amide bonds. The number of carbonyl (C=O) groups excluding carboxylic acids is 2. The molecule has 2 heterocycles. The van der Waals surface area contributed by atoms with Gasteiger partial charge in [0.05, 0.1) is 17.4 Å². The zero-order valence-corrected chi connectivity index (χ0v) is 18.8. The monoisotopic (exact) mass is 436 g/mol. The molecule has 1 aliphatic rings. The Balaban J connectivity index is 1.49. The summed E-state index contributed by atoms with van der Waals surface area (Å²) in [6.45, 7) is 7.89. The smallest absolute Gasteiger partial charge is 0.407 e. The largest absolute Gasteiger partial charge is 0.489 e. The molecule has 1 saturated carbocycles. The minimum atomic E-state index is -0.532. The maximum atomic E-state index is 11.9. The van der Waals surface area contributed by atoms with E-state index in [4.69, 9.17) is 9.47 Å². The van der Waals surface area contributed by atoms with Crippen molar-refractivity contribution < 1.29 is 19.1 Å². The quantitative estimate of drug-likeness (QED) is 0.585. The van der Waals surface area contributed by atoms with E-state index in [-0.39, 0.29) is 12.0 Å². The van der Waals surface area contributed by atoms with Crippen LogP contribution in [0.4, 0.5) is 4.79 Å². The maximum Gasteiger partial charge on any atom is 0.407 e. The third kappa shape index (κ3) is 4.90. The molecule has 0 bridgehead atoms. The molecule has 3 aromatic rings. The van der Waals surface area contributed by atoms with Gasteiger partial charge < -0.3 is 19.6 Å². The third-order valence-electron chi connectivity index (χ3n) is 5.45. The van der Waals surface area contributed by atoms with Crippen molar-refractivity contribution in [1.29, 1.82) is 0 Å². The van der Waals surface area contributed by atoms with Crippen LogP contribution in [0.2, 0.25) is 0 Å². The van der Waals surface area contributed by atoms with Gasteiger partial charge in [-0.2, -0.15) is 5.10 Å². The number of amides is 1. The summed E-state index contributed by atoms with van der Waals surface area (Å²) in [6.07, 6.45) is 5.49. The maximum absolute atomic E-state index is 11.9. The highest BCUT2D eigenvalue weighted by atomic mass is 16.6. The second kappa shape index (κ2) is 8.61. The van der Waals surface area contributed by atoms with Crippen LogP contribution in [0.15, 0.2) is 36.8 Å². The number of aldehydes is 1. The number of rotatable bonds is 6. The molecule has 2 aromatic heterocycles. The molecule has 168 valence electrons. The van der Waals surface area contributed by atoms with Gasteiger partial charge in [-0.25, -0.2) is 14.3 Å². The number of hydrogen-bond acceptors (Lipinski definition) is 6. The normalized spacial score (nSPS) is 18.1. The van der Waals surface area contributed by atoms with Crippen molar-refractivity contribution in [2.45, 2.75) is 58.8 Å². The van der Waals surface area contributed by atoms with Gasteiger partial charge in [0, 0.05) is 24.1 Å². The first kappa shape index (κ1) is 21.8. The number of nitrogens with one attached hydrogen (secondary N) is 1. The number of fused-ring (bicyclic) bond motifs is 1. The van der Waals surface area contributed by atoms with E-state index in [1.54, 1.807) is 4.52 Å². The van der Waals surface area contributed by atoms with Crippen LogP contribution in [-0.2, 0) is 16.1 Å². The highest BCUT2D eigenvalue weighted by Crippen LogP contribution is 2.32. The fourth-order valence-electron chi connectivity index (χ4n) is 3.72. The molecule has 0 aliphatic heterocycles. The van der Waals surface area contributed by atoms with E-state index in [1.165, 1.54) is 6.33 Å². The Morgan fingerprint density at radius 3 is 2.75 bits per heavy atom. The predicted molar refractivity (Wildman–Crippen MR) is 119 cm³/mol. The highest BCUT2D eigenvalue weighted by Gasteiger charge is 2.30. The van der Waals surface area contributed by atoms with Crippen LogP contribution in [0.1, 0.15) is 44.7 Å². The van der Waals surface area contributed by atoms with Crippen molar-refractivity contribution >= 4 is 17.9 Å². The number of alkyl carbamates (subject to hydrolysis) is 1. The summed E-state index contributed by atoms with van der Waals surface area (Å²) in [7, 11) is 0. The van der Waals surface area contributed by atoms with E-state index >= 15 is 0 Å². The van der Waals surface area contributed by atoms with Gasteiger partial charge in [-0.3, -0.25) is 0 Å². The second-order valence-corrected chi connectivity index (χ2v) is 9.22. The van der Waals surface area contributed by atoms with Gasteiger partial charge in [0.2, 0.25) is 0 Å². The van der Waals surface area contributed by atoms with Crippen molar-refractivity contribution in [2.75, 3.05) is 0 Å². The SMILES string of the molecule is Cc1cc(-c2ncnn3cc(OC4CC(C=O)C4)cc23)ccc1CNC(=O)OC(C)(C)C. The number of carbonyl (C=O) groups is 2. The van der Waals surface area contributed by atoms with E-state index in [2.05, 4.69) is 15.4 Å². The topological polar surface area (TPSA) is 94.8 Å². The van der Waals surface area contributed by atoms with Gasteiger partial charge in [-0.1, -0.05) is 12.1 Å². The molecule has 0 atom stereocenters. The highest BCUT2D eigenvalue weighted by molar-refractivity contribution is 5.78. The number of hydrogen-bond donors (Lipinski definition) is 1. The summed E-state index contributed by atoms with van der Waals surface area (Å²) in [5.41, 5.74) is 4.09. The van der Waals surface area contributed by atoms with Crippen LogP contribution in [0.25, 0.3) is 16.8 Å². The molecule has 8 nitrogen and oxygen atoms in total. The molecule has 1 fully saturated rings. The van der Waals surface area contributed by atoms with Crippen LogP contribution < -0.4 is 10.1 Å². The van der Waals surface area contributed by atoms with Gasteiger partial charge >= 0.3 is 6.09 Å². The molecular formula is C24H28N4O4. The zero-order chi connectivity index (χ0) is 22.9. The number of aromatic nitrogens is 3. The first-order valence-corrected chi connectivity index (χ1v) is 10.7. The van der Waals surface area contributed by atoms with Crippen LogP contribution in [0.3, 0.4) is 0 Å². The lowest BCUT2D eigenvalue weighted by Gasteiger charge is -2.31. The summed E-state index contributed by atoms with van der Waals surface area (Å²) in [5, 5.41) is 7.09. The van der Waals surface area contributed by atoms with Crippen molar-refractivity contribution in [2.24, 2.45) is 5.92 Å². The number of benzene rings is 1. The molecule has 32 heavy (non-hydrogen) atoms. The predicted octanol–water partition coefficient (Wildman–Crippen LogP) is 4.09. The molecule has 0 radical (unpaired) electrons. The summed E-state index contributed by atoms with van der Waals surface area (Å²) >= 11 is 0. The molecule has 0 spiro atoms. The number of nitrogens with zero attached hydrogens (tertiary/aromatic N) is 3. The Morgan fingerprint density at radius 1 is 1.28 bits per heavy atom. The average Bonchev–Trinajstić information content (AvgIpc) is 3.10. The summed E-state index contributed by atoms with van der Waals surface area (Å²) in [5.74, 6) is 0.828. The van der Waals surface area contributed by atoms with E-state index in [0.29, 0.717) is 6.54 Å². The Hall–Kier alpha value is -3.42. The number of ether oxygens (including phenoxy) is 2. The Kier molecular flexibility index (Phi) is 5.86. The fraction of sp³-hybridized carbons (Fsp3) is 0.417. The first-order valence-electron chi connectivity index (χ1n) is 10.7. The van der Waals surface area contributed by atoms with E-state index in [9.17, 15) is 9.59 Å². The Bertz CT molecular complexity index is 1140. The van der Waals surface area contributed by atoms with E-state index < -0.39 is 11.7 Å². The lowest BCUT2D eigenvalue weighted by atomic mass is 9.83. The molecule has 0 saturated heterocycles. The first-order chi connectivity index (χ1) is 15.2. The Morgan fingerprint density at radius 2 is 2.06 bits per heavy atom. The van der Waals surface area contributed by atoms with Gasteiger partial charge in [0.1, 0.15) is 30.1 Å². The van der Waals surface area contributed by atoms with Crippen LogP contribution >= 0.6 is 0 Å². The third-order valence-corrected chi connectivity index (χ3v) is 5.45. The number of aryl methyl sites for hydroxylation is 1. The molecule has 4 rings (SSSR count). The van der Waals surface area contributed by atoms with Gasteiger partial charge in [-0.05, 0) is 57.7 Å². The molecule has 8 heteroatoms. The van der Waals surface area contributed by atoms with Crippen molar-refractivity contribution in [3.63, 3.8) is 0 Å². The molecule has 1 N–H and O–H groups in total. The summed E-state index contributed by atoms with van der Waals surface area (Å²) < 4.78 is 13.0. The second-order valence-electron chi connectivity index (χ2n) is 9.22. The van der Waals surface area contributed by atoms with E-state index in [1.807, 2.05) is 58.2 Å². The molecule has 1 aromatic carbocycles. The minimum absolute atomic E-state index is 0.0676. The van der Waals surface area contributed by atoms with Crippen molar-refractivity contribution in [1.82, 2.24) is 19.9 Å². The standard InChI is InChI=1S/C24H28N4O4/c1-15-7-17(5-6-18(15)11-25-23(30)32-24(2,3)4)22-21-10-20(12-28(21)27-14-26-22)31-19-8-16(9-19)13-29/h5-7,10,12-14,16,19H,8-9,11H2,1-4H3,(H,25,30). The summed E-state index contributed by atoms with van der Waals surface area (Å²) in [6, 6.07) is 7.93. The minimum Gasteiger partial charge on any atom is -0.489 e. The van der Waals surface area contributed by atoms with Gasteiger partial charge in [-0.15, -0.1) is 0 Å². The van der Waals surface area contributed by atoms with E-state index in [0.717, 1.165) is 52.8 Å². The lowest BCUT2D eigenvalue weighted by molar-refractivity contribution is -0.116. The zero-order valence-electron chi connectivity index (χ0n) is 18.8. The van der Waals surface area contributed by atoms with Gasteiger partial charge in [0.15, 0.2) is 0 Å². The molecular weight excluding hydrogens is 408 g/mol. The Labute approximate surface area is 186 Å². The van der Waals surface area contributed by atoms with Gasteiger partial charge in [0.25, 0.3) is 0 Å². The summed E-state index contributed by atoms with van der Waals surface area (Å²) in [4.78, 5) is 27.2.